The number of nitrogens with zero attached hydrogens (tertiary/aromatic N) is 9. The van der Waals surface area contributed by atoms with Gasteiger partial charge in [0.05, 0.1) is 0 Å². The van der Waals surface area contributed by atoms with E-state index in [0.717, 1.165) is 66.6 Å². The van der Waals surface area contributed by atoms with Crippen LogP contribution in [-0.2, 0) is 80.4 Å². The average Bonchev–Trinajstić information content (AvgIpc) is 1.99. The van der Waals surface area contributed by atoms with E-state index in [1.54, 1.807) is 0 Å². The van der Waals surface area contributed by atoms with Crippen LogP contribution in [0.15, 0.2) is 246 Å². The van der Waals surface area contributed by atoms with Crippen LogP contribution in [0.25, 0.3) is 91.5 Å². The van der Waals surface area contributed by atoms with Crippen LogP contribution in [0.3, 0.4) is 0 Å². The van der Waals surface area contributed by atoms with Gasteiger partial charge in [0.25, 0.3) is 0 Å². The maximum Gasteiger partial charge on any atom is 0.116 e. The van der Waals surface area contributed by atoms with Gasteiger partial charge in [0, 0.05) is 130 Å². The zero-order chi connectivity index (χ0) is 57.8. The molecule has 18 rings (SSSR count). The largest absolute Gasteiger partial charge is 0.516 e. The molecule has 0 saturated heterocycles. The number of para-hydroxylation sites is 6. The molecule has 4 aliphatic heterocycles. The predicted molar refractivity (Wildman–Crippen MR) is 355 cm³/mol. The summed E-state index contributed by atoms with van der Waals surface area (Å²) in [5, 5.41) is 9.66. The van der Waals surface area contributed by atoms with Crippen molar-refractivity contribution in [3.8, 4) is 5.69 Å². The van der Waals surface area contributed by atoms with Crippen molar-refractivity contribution in [3.05, 3.63) is 288 Å². The summed E-state index contributed by atoms with van der Waals surface area (Å²) in [7, 11) is 8.11. The van der Waals surface area contributed by atoms with Gasteiger partial charge in [0.1, 0.15) is 11.2 Å². The van der Waals surface area contributed by atoms with E-state index in [2.05, 4.69) is 208 Å². The third kappa shape index (κ3) is 12.2. The second-order valence-electron chi connectivity index (χ2n) is 21.4. The van der Waals surface area contributed by atoms with Crippen molar-refractivity contribution in [2.75, 3.05) is 52.7 Å². The summed E-state index contributed by atoms with van der Waals surface area (Å²) in [5.41, 5.74) is 13.6. The summed E-state index contributed by atoms with van der Waals surface area (Å²) in [6, 6.07) is 82.3. The van der Waals surface area contributed by atoms with Crippen molar-refractivity contribution in [1.29, 1.82) is 0 Å². The van der Waals surface area contributed by atoms with E-state index in [4.69, 9.17) is 8.83 Å². The SMILES string of the molecule is CN1C=CN(c2[c-]cc3c(c2)c2ccccc2n3-c2ccccc2)[CH-]1.CN1C=CN(c2[c-]cc3oc4ccccc4c3c2)[CH-]1.CN1C=CN(c2[c-]cc3sc4ccccc4c3c2)[CH-]1.CN1[CH-]N(c2[c-]cc3oc4ccccc4c3c2)c2ccccc21.[Ir].[Ir].[Ir].[Ir]. The molecule has 4 aliphatic rings. The number of hydrogen-bond acceptors (Lipinski definition) is 11. The molecule has 0 aliphatic carbocycles. The number of furan rings is 2. The number of hydrogen-bond donors (Lipinski definition) is 0. The molecule has 0 saturated carbocycles. The van der Waals surface area contributed by atoms with Crippen molar-refractivity contribution >= 4 is 131 Å². The van der Waals surface area contributed by atoms with Gasteiger partial charge in [-0.15, -0.1) is 69.9 Å². The fourth-order valence-electron chi connectivity index (χ4n) is 11.5. The zero-order valence-corrected chi connectivity index (χ0v) is 59.3. The Morgan fingerprint density at radius 2 is 0.800 bits per heavy atom. The topological polar surface area (TPSA) is 57.1 Å². The number of benzene rings is 10. The van der Waals surface area contributed by atoms with Crippen LogP contribution in [0.2, 0.25) is 0 Å². The van der Waals surface area contributed by atoms with Crippen LogP contribution in [0, 0.1) is 50.9 Å². The molecular formula is C74H55Ir4N9O2S-8. The van der Waals surface area contributed by atoms with Crippen molar-refractivity contribution in [2.45, 2.75) is 0 Å². The van der Waals surface area contributed by atoms with Crippen LogP contribution in [0.1, 0.15) is 0 Å². The maximum atomic E-state index is 5.89. The molecule has 90 heavy (non-hydrogen) atoms. The second kappa shape index (κ2) is 27.2. The molecule has 0 N–H and O–H groups in total. The Labute approximate surface area is 581 Å². The molecule has 0 bridgehead atoms. The minimum Gasteiger partial charge on any atom is -0.516 e. The van der Waals surface area contributed by atoms with Gasteiger partial charge >= 0.3 is 0 Å². The van der Waals surface area contributed by atoms with Gasteiger partial charge in [0.15, 0.2) is 0 Å². The van der Waals surface area contributed by atoms with Gasteiger partial charge in [-0.25, -0.2) is 11.3 Å². The Balaban J connectivity index is 0.000000122. The summed E-state index contributed by atoms with van der Waals surface area (Å²) in [5.74, 6) is 0. The van der Waals surface area contributed by atoms with Crippen molar-refractivity contribution in [1.82, 2.24) is 19.3 Å². The van der Waals surface area contributed by atoms with Crippen molar-refractivity contribution in [3.63, 3.8) is 0 Å². The molecule has 4 aromatic heterocycles. The Kier molecular flexibility index (Phi) is 19.3. The van der Waals surface area contributed by atoms with E-state index in [9.17, 15) is 0 Å². The molecule has 4 radical (unpaired) electrons. The van der Waals surface area contributed by atoms with E-state index >= 15 is 0 Å². The van der Waals surface area contributed by atoms with E-state index < -0.39 is 0 Å². The number of rotatable bonds is 5. The Hall–Kier alpha value is -7.96. The number of fused-ring (bicyclic) bond motifs is 13. The van der Waals surface area contributed by atoms with Gasteiger partial charge < -0.3 is 52.6 Å². The van der Waals surface area contributed by atoms with E-state index in [1.165, 1.54) is 59.0 Å². The molecule has 0 unspecified atom stereocenters. The Morgan fingerprint density at radius 3 is 1.39 bits per heavy atom. The molecule has 11 nitrogen and oxygen atoms in total. The summed E-state index contributed by atoms with van der Waals surface area (Å²) < 4.78 is 16.6. The van der Waals surface area contributed by atoms with E-state index in [-0.39, 0.29) is 80.4 Å². The molecule has 0 spiro atoms. The molecule has 0 fully saturated rings. The smallest absolute Gasteiger partial charge is 0.116 e. The maximum absolute atomic E-state index is 5.89. The standard InChI is InChI=1S/C22H17N3.C20H14N2O.C16H12N2O.C16H12N2S.4Ir/c1-23-13-14-24(16-23)18-11-12-22-20(15-18)19-9-5-6-10-21(19)25(22)17-7-3-2-4-8-17;1-21-13-22(18-8-4-3-7-17(18)21)14-10-11-20-16(12-14)15-6-2-5-9-19(15)23-20;2*1-17-8-9-18(11-17)12-6-7-16-14(10-12)13-4-2-3-5-15(13)19-16;;;;/h2-10,12-16H,1H3;2-9,11-13H,1H3;2*2-5,7-11H,1H3;;;;/q4*-2;;;;. The molecule has 10 aromatic carbocycles. The average molecular weight is 1900 g/mol. The molecule has 458 valence electrons. The summed E-state index contributed by atoms with van der Waals surface area (Å²) in [4.78, 5) is 16.6. The minimum absolute atomic E-state index is 0. The summed E-state index contributed by atoms with van der Waals surface area (Å²) in [6.07, 6.45) is 12.2. The van der Waals surface area contributed by atoms with Gasteiger partial charge in [-0.2, -0.15) is 63.1 Å². The fraction of sp³-hybridized carbons (Fsp3) is 0.0541. The monoisotopic (exact) mass is 1910 g/mol. The third-order valence-electron chi connectivity index (χ3n) is 15.7. The Bertz CT molecular complexity index is 4830. The third-order valence-corrected chi connectivity index (χ3v) is 16.8. The first-order valence-electron chi connectivity index (χ1n) is 28.3. The molecule has 8 heterocycles. The van der Waals surface area contributed by atoms with E-state index in [0.29, 0.717) is 0 Å². The van der Waals surface area contributed by atoms with Gasteiger partial charge in [0.2, 0.25) is 0 Å². The Morgan fingerprint density at radius 1 is 0.344 bits per heavy atom. The van der Waals surface area contributed by atoms with Crippen LogP contribution < -0.4 is 24.5 Å². The van der Waals surface area contributed by atoms with Crippen LogP contribution in [0.4, 0.5) is 34.1 Å². The normalized spacial score (nSPS) is 13.8. The molecule has 14 aromatic rings. The van der Waals surface area contributed by atoms with Crippen LogP contribution in [0.5, 0.6) is 0 Å². The van der Waals surface area contributed by atoms with Gasteiger partial charge in [-0.1, -0.05) is 124 Å². The first kappa shape index (κ1) is 63.6. The number of thiophene rings is 1. The van der Waals surface area contributed by atoms with Crippen LogP contribution in [-0.4, -0.2) is 47.5 Å². The summed E-state index contributed by atoms with van der Waals surface area (Å²) >= 11 is 1.83. The van der Waals surface area contributed by atoms with Gasteiger partial charge in [-0.3, -0.25) is 0 Å². The molecule has 0 atom stereocenters. The fourth-order valence-corrected chi connectivity index (χ4v) is 12.6. The summed E-state index contributed by atoms with van der Waals surface area (Å²) in [6.45, 7) is 8.20. The number of aromatic nitrogens is 1. The first-order chi connectivity index (χ1) is 42.2. The van der Waals surface area contributed by atoms with Crippen molar-refractivity contribution in [2.24, 2.45) is 0 Å². The predicted octanol–water partition coefficient (Wildman–Crippen LogP) is 17.9. The second-order valence-corrected chi connectivity index (χ2v) is 22.5. The zero-order valence-electron chi connectivity index (χ0n) is 48.9. The minimum atomic E-state index is 0. The molecular weight excluding hydrogens is 1850 g/mol. The first-order valence-corrected chi connectivity index (χ1v) is 29.1. The van der Waals surface area contributed by atoms with Gasteiger partial charge in [-0.05, 0) is 125 Å². The van der Waals surface area contributed by atoms with E-state index in [1.807, 2.05) is 164 Å². The quantitative estimate of drug-likeness (QED) is 0.156. The molecule has 0 amide bonds. The van der Waals surface area contributed by atoms with Crippen molar-refractivity contribution < 1.29 is 89.3 Å². The van der Waals surface area contributed by atoms with Crippen LogP contribution >= 0.6 is 11.3 Å². The molecule has 16 heteroatoms. The number of anilines is 6.